The van der Waals surface area contributed by atoms with Crippen LogP contribution in [-0.4, -0.2) is 25.0 Å². The predicted octanol–water partition coefficient (Wildman–Crippen LogP) is 3.62. The van der Waals surface area contributed by atoms with Crippen molar-refractivity contribution in [2.24, 2.45) is 0 Å². The average Bonchev–Trinajstić information content (AvgIpc) is 2.29. The van der Waals surface area contributed by atoms with Gasteiger partial charge in [0.2, 0.25) is 0 Å². The number of rotatable bonds is 2. The van der Waals surface area contributed by atoms with Crippen molar-refractivity contribution in [2.45, 2.75) is 38.5 Å². The zero-order valence-corrected chi connectivity index (χ0v) is 10.7. The van der Waals surface area contributed by atoms with Crippen LogP contribution in [0.1, 0.15) is 49.7 Å². The molecule has 0 bridgehead atoms. The van der Waals surface area contributed by atoms with Crippen LogP contribution in [0.3, 0.4) is 0 Å². The van der Waals surface area contributed by atoms with Crippen LogP contribution >= 0.6 is 0 Å². The molecule has 0 radical (unpaired) electrons. The van der Waals surface area contributed by atoms with Crippen LogP contribution in [0.15, 0.2) is 24.3 Å². The predicted molar refractivity (Wildman–Crippen MR) is 70.0 cm³/mol. The first-order valence-corrected chi connectivity index (χ1v) is 6.46. The Bertz CT molecular complexity index is 343. The fraction of sp³-hybridized carbons (Fsp3) is 0.600. The minimum Gasteiger partial charge on any atom is -0.306 e. The van der Waals surface area contributed by atoms with E-state index in [9.17, 15) is 0 Å². The number of hydrogen-bond acceptors (Lipinski definition) is 1. The van der Waals surface area contributed by atoms with Gasteiger partial charge in [0.05, 0.1) is 0 Å². The van der Waals surface area contributed by atoms with Gasteiger partial charge in [0.25, 0.3) is 0 Å². The Morgan fingerprint density at radius 3 is 2.69 bits per heavy atom. The topological polar surface area (TPSA) is 3.24 Å². The average molecular weight is 217 g/mol. The number of piperidine rings is 1. The monoisotopic (exact) mass is 217 g/mol. The molecular weight excluding hydrogens is 194 g/mol. The lowest BCUT2D eigenvalue weighted by atomic mass is 9.84. The van der Waals surface area contributed by atoms with E-state index >= 15 is 0 Å². The summed E-state index contributed by atoms with van der Waals surface area (Å²) in [7, 11) is 2.24. The lowest BCUT2D eigenvalue weighted by Crippen LogP contribution is -2.31. The standard InChI is InChI=1S/C15H23N/c1-12(2)14-8-4-5-9-15(14)13-7-6-10-16(3)11-13/h4-5,8-9,12-13H,6-7,10-11H2,1-3H3. The molecule has 0 saturated carbocycles. The fourth-order valence-corrected chi connectivity index (χ4v) is 2.83. The smallest absolute Gasteiger partial charge is 0.00473 e. The van der Waals surface area contributed by atoms with E-state index in [1.165, 1.54) is 25.9 Å². The van der Waals surface area contributed by atoms with E-state index in [-0.39, 0.29) is 0 Å². The molecule has 1 heteroatoms. The largest absolute Gasteiger partial charge is 0.306 e. The summed E-state index contributed by atoms with van der Waals surface area (Å²) in [6.07, 6.45) is 2.70. The van der Waals surface area contributed by atoms with Gasteiger partial charge in [0.15, 0.2) is 0 Å². The van der Waals surface area contributed by atoms with Gasteiger partial charge in [-0.2, -0.15) is 0 Å². The number of nitrogens with zero attached hydrogens (tertiary/aromatic N) is 1. The van der Waals surface area contributed by atoms with E-state index in [1.54, 1.807) is 11.1 Å². The van der Waals surface area contributed by atoms with Crippen molar-refractivity contribution in [3.05, 3.63) is 35.4 Å². The van der Waals surface area contributed by atoms with Crippen molar-refractivity contribution in [3.63, 3.8) is 0 Å². The van der Waals surface area contributed by atoms with Crippen molar-refractivity contribution < 1.29 is 0 Å². The summed E-state index contributed by atoms with van der Waals surface area (Å²) in [6, 6.07) is 8.99. The highest BCUT2D eigenvalue weighted by Crippen LogP contribution is 2.31. The number of benzene rings is 1. The van der Waals surface area contributed by atoms with Crippen LogP contribution in [0.5, 0.6) is 0 Å². The van der Waals surface area contributed by atoms with E-state index in [1.807, 2.05) is 0 Å². The van der Waals surface area contributed by atoms with Crippen molar-refractivity contribution in [1.29, 1.82) is 0 Å². The van der Waals surface area contributed by atoms with Crippen LogP contribution in [0.2, 0.25) is 0 Å². The quantitative estimate of drug-likeness (QED) is 0.731. The number of likely N-dealkylation sites (N-methyl/N-ethyl adjacent to an activating group) is 1. The Kier molecular flexibility index (Phi) is 3.65. The van der Waals surface area contributed by atoms with Gasteiger partial charge in [-0.15, -0.1) is 0 Å². The number of likely N-dealkylation sites (tertiary alicyclic amines) is 1. The molecule has 0 amide bonds. The van der Waals surface area contributed by atoms with Crippen LogP contribution in [0.25, 0.3) is 0 Å². The summed E-state index contributed by atoms with van der Waals surface area (Å²) in [5, 5.41) is 0. The van der Waals surface area contributed by atoms with Gasteiger partial charge in [-0.3, -0.25) is 0 Å². The molecule has 1 aromatic carbocycles. The second-order valence-electron chi connectivity index (χ2n) is 5.39. The van der Waals surface area contributed by atoms with Crippen LogP contribution in [-0.2, 0) is 0 Å². The van der Waals surface area contributed by atoms with Crippen molar-refractivity contribution in [3.8, 4) is 0 Å². The second-order valence-corrected chi connectivity index (χ2v) is 5.39. The molecule has 16 heavy (non-hydrogen) atoms. The molecule has 1 atom stereocenters. The van der Waals surface area contributed by atoms with Crippen LogP contribution in [0.4, 0.5) is 0 Å². The summed E-state index contributed by atoms with van der Waals surface area (Å²) in [5.74, 6) is 1.39. The SMILES string of the molecule is CC(C)c1ccccc1C1CCCN(C)C1. The van der Waals surface area contributed by atoms with Gasteiger partial charge < -0.3 is 4.90 Å². The molecule has 1 nitrogen and oxygen atoms in total. The first-order valence-electron chi connectivity index (χ1n) is 6.46. The van der Waals surface area contributed by atoms with E-state index < -0.39 is 0 Å². The Hall–Kier alpha value is -0.820. The molecule has 1 fully saturated rings. The maximum Gasteiger partial charge on any atom is 0.00473 e. The zero-order valence-electron chi connectivity index (χ0n) is 10.7. The molecule has 1 saturated heterocycles. The Morgan fingerprint density at radius 2 is 2.00 bits per heavy atom. The maximum absolute atomic E-state index is 2.46. The van der Waals surface area contributed by atoms with Crippen molar-refractivity contribution >= 4 is 0 Å². The first kappa shape index (κ1) is 11.7. The zero-order chi connectivity index (χ0) is 11.5. The Labute approximate surface area is 99.5 Å². The third-order valence-electron chi connectivity index (χ3n) is 3.68. The molecular formula is C15H23N. The fourth-order valence-electron chi connectivity index (χ4n) is 2.83. The van der Waals surface area contributed by atoms with Gasteiger partial charge in [-0.25, -0.2) is 0 Å². The molecule has 1 aliphatic rings. The summed E-state index contributed by atoms with van der Waals surface area (Å²) >= 11 is 0. The van der Waals surface area contributed by atoms with Crippen LogP contribution in [0, 0.1) is 0 Å². The summed E-state index contributed by atoms with van der Waals surface area (Å²) < 4.78 is 0. The second kappa shape index (κ2) is 5.01. The summed E-state index contributed by atoms with van der Waals surface area (Å²) in [6.45, 7) is 7.08. The third kappa shape index (κ3) is 2.46. The van der Waals surface area contributed by atoms with Gasteiger partial charge >= 0.3 is 0 Å². The van der Waals surface area contributed by atoms with Gasteiger partial charge in [0.1, 0.15) is 0 Å². The van der Waals surface area contributed by atoms with Crippen molar-refractivity contribution in [1.82, 2.24) is 4.90 Å². The molecule has 1 aromatic rings. The highest BCUT2D eigenvalue weighted by Gasteiger charge is 2.21. The molecule has 1 heterocycles. The van der Waals surface area contributed by atoms with Crippen molar-refractivity contribution in [2.75, 3.05) is 20.1 Å². The molecule has 0 spiro atoms. The molecule has 0 N–H and O–H groups in total. The van der Waals surface area contributed by atoms with Gasteiger partial charge in [0, 0.05) is 6.54 Å². The van der Waals surface area contributed by atoms with E-state index in [0.29, 0.717) is 5.92 Å². The third-order valence-corrected chi connectivity index (χ3v) is 3.68. The van der Waals surface area contributed by atoms with E-state index in [4.69, 9.17) is 0 Å². The highest BCUT2D eigenvalue weighted by atomic mass is 15.1. The molecule has 0 aliphatic carbocycles. The highest BCUT2D eigenvalue weighted by molar-refractivity contribution is 5.33. The van der Waals surface area contributed by atoms with Gasteiger partial charge in [-0.05, 0) is 49.4 Å². The minimum atomic E-state index is 0.642. The van der Waals surface area contributed by atoms with E-state index in [0.717, 1.165) is 5.92 Å². The molecule has 0 aromatic heterocycles. The molecule has 1 aliphatic heterocycles. The molecule has 2 rings (SSSR count). The van der Waals surface area contributed by atoms with E-state index in [2.05, 4.69) is 50.1 Å². The lowest BCUT2D eigenvalue weighted by molar-refractivity contribution is 0.250. The summed E-state index contributed by atoms with van der Waals surface area (Å²) in [5.41, 5.74) is 3.13. The maximum atomic E-state index is 2.46. The normalized spacial score (nSPS) is 22.6. The van der Waals surface area contributed by atoms with Crippen LogP contribution < -0.4 is 0 Å². The molecule has 1 unspecified atom stereocenters. The lowest BCUT2D eigenvalue weighted by Gasteiger charge is -2.31. The number of hydrogen-bond donors (Lipinski definition) is 0. The van der Waals surface area contributed by atoms with Gasteiger partial charge in [-0.1, -0.05) is 38.1 Å². The molecule has 88 valence electrons. The first-order chi connectivity index (χ1) is 7.68. The summed E-state index contributed by atoms with van der Waals surface area (Å²) in [4.78, 5) is 2.46. The minimum absolute atomic E-state index is 0.642. The Balaban J connectivity index is 2.25. The Morgan fingerprint density at radius 1 is 1.25 bits per heavy atom.